The summed E-state index contributed by atoms with van der Waals surface area (Å²) in [5, 5.41) is 3.33. The standard InChI is InChI=1S/C14H15BrN2O/c1-18-14-7-6-11(15)8-13(14)17-9-10-4-2-3-5-12(10)16/h2-8,17H,9,16H2,1H3. The first-order chi connectivity index (χ1) is 8.70. The molecule has 2 aromatic carbocycles. The normalized spacial score (nSPS) is 10.1. The predicted molar refractivity (Wildman–Crippen MR) is 78.9 cm³/mol. The lowest BCUT2D eigenvalue weighted by molar-refractivity contribution is 0.416. The summed E-state index contributed by atoms with van der Waals surface area (Å²) in [6.45, 7) is 0.666. The van der Waals surface area contributed by atoms with E-state index in [1.54, 1.807) is 7.11 Å². The zero-order valence-corrected chi connectivity index (χ0v) is 11.7. The third kappa shape index (κ3) is 2.96. The van der Waals surface area contributed by atoms with Gasteiger partial charge in [-0.05, 0) is 29.8 Å². The van der Waals surface area contributed by atoms with Gasteiger partial charge in [0.2, 0.25) is 0 Å². The minimum Gasteiger partial charge on any atom is -0.495 e. The number of methoxy groups -OCH3 is 1. The third-order valence-corrected chi connectivity index (χ3v) is 3.18. The van der Waals surface area contributed by atoms with E-state index in [2.05, 4.69) is 21.2 Å². The van der Waals surface area contributed by atoms with Crippen LogP contribution in [-0.2, 0) is 6.54 Å². The zero-order chi connectivity index (χ0) is 13.0. The van der Waals surface area contributed by atoms with Gasteiger partial charge in [-0.1, -0.05) is 34.1 Å². The maximum atomic E-state index is 5.90. The molecular formula is C14H15BrN2O. The Labute approximate surface area is 115 Å². The van der Waals surface area contributed by atoms with Crippen LogP contribution in [0.2, 0.25) is 0 Å². The molecule has 0 aliphatic heterocycles. The van der Waals surface area contributed by atoms with E-state index in [4.69, 9.17) is 10.5 Å². The smallest absolute Gasteiger partial charge is 0.142 e. The molecule has 0 atom stereocenters. The Hall–Kier alpha value is -1.68. The summed E-state index contributed by atoms with van der Waals surface area (Å²) in [5.74, 6) is 0.813. The predicted octanol–water partition coefficient (Wildman–Crippen LogP) is 3.65. The summed E-state index contributed by atoms with van der Waals surface area (Å²) in [4.78, 5) is 0. The highest BCUT2D eigenvalue weighted by atomic mass is 79.9. The van der Waals surface area contributed by atoms with Crippen molar-refractivity contribution < 1.29 is 4.74 Å². The van der Waals surface area contributed by atoms with Gasteiger partial charge in [0, 0.05) is 16.7 Å². The molecule has 3 nitrogen and oxygen atoms in total. The number of anilines is 2. The summed E-state index contributed by atoms with van der Waals surface area (Å²) >= 11 is 3.45. The van der Waals surface area contributed by atoms with Crippen LogP contribution in [0.1, 0.15) is 5.56 Å². The molecule has 4 heteroatoms. The number of benzene rings is 2. The van der Waals surface area contributed by atoms with Gasteiger partial charge in [0.15, 0.2) is 0 Å². The molecule has 18 heavy (non-hydrogen) atoms. The van der Waals surface area contributed by atoms with Crippen molar-refractivity contribution in [3.8, 4) is 5.75 Å². The molecule has 0 bridgehead atoms. The van der Waals surface area contributed by atoms with Gasteiger partial charge in [-0.3, -0.25) is 0 Å². The minimum absolute atomic E-state index is 0.666. The molecule has 0 fully saturated rings. The number of ether oxygens (including phenoxy) is 1. The second kappa shape index (κ2) is 5.78. The highest BCUT2D eigenvalue weighted by Gasteiger charge is 2.04. The Balaban J connectivity index is 2.15. The molecule has 3 N–H and O–H groups in total. The molecule has 0 aromatic heterocycles. The molecule has 0 heterocycles. The fraction of sp³-hybridized carbons (Fsp3) is 0.143. The SMILES string of the molecule is COc1ccc(Br)cc1NCc1ccccc1N. The van der Waals surface area contributed by atoms with Gasteiger partial charge in [0.25, 0.3) is 0 Å². The van der Waals surface area contributed by atoms with Crippen LogP contribution in [0.3, 0.4) is 0 Å². The van der Waals surface area contributed by atoms with Crippen molar-refractivity contribution in [2.75, 3.05) is 18.2 Å². The molecule has 0 aliphatic rings. The summed E-state index contributed by atoms with van der Waals surface area (Å²) in [6.07, 6.45) is 0. The maximum Gasteiger partial charge on any atom is 0.142 e. The lowest BCUT2D eigenvalue weighted by Crippen LogP contribution is -2.04. The van der Waals surface area contributed by atoms with Gasteiger partial charge in [0.05, 0.1) is 12.8 Å². The first kappa shape index (κ1) is 12.8. The van der Waals surface area contributed by atoms with Gasteiger partial charge in [-0.25, -0.2) is 0 Å². The third-order valence-electron chi connectivity index (χ3n) is 2.69. The van der Waals surface area contributed by atoms with Crippen LogP contribution < -0.4 is 15.8 Å². The number of hydrogen-bond acceptors (Lipinski definition) is 3. The topological polar surface area (TPSA) is 47.3 Å². The average molecular weight is 307 g/mol. The zero-order valence-electron chi connectivity index (χ0n) is 10.1. The Bertz CT molecular complexity index is 543. The summed E-state index contributed by atoms with van der Waals surface area (Å²) in [5.41, 5.74) is 8.70. The molecule has 94 valence electrons. The lowest BCUT2D eigenvalue weighted by atomic mass is 10.2. The van der Waals surface area contributed by atoms with Crippen LogP contribution in [0.5, 0.6) is 5.75 Å². The van der Waals surface area contributed by atoms with Crippen molar-refractivity contribution in [3.63, 3.8) is 0 Å². The van der Waals surface area contributed by atoms with Crippen molar-refractivity contribution in [1.82, 2.24) is 0 Å². The summed E-state index contributed by atoms with van der Waals surface area (Å²) in [6, 6.07) is 13.7. The minimum atomic E-state index is 0.666. The van der Waals surface area contributed by atoms with E-state index in [-0.39, 0.29) is 0 Å². The monoisotopic (exact) mass is 306 g/mol. The van der Waals surface area contributed by atoms with E-state index in [1.165, 1.54) is 0 Å². The molecule has 0 aliphatic carbocycles. The fourth-order valence-electron chi connectivity index (χ4n) is 1.70. The molecule has 0 spiro atoms. The van der Waals surface area contributed by atoms with Crippen molar-refractivity contribution in [2.45, 2.75) is 6.54 Å². The summed E-state index contributed by atoms with van der Waals surface area (Å²) in [7, 11) is 1.66. The van der Waals surface area contributed by atoms with E-state index in [0.717, 1.165) is 27.2 Å². The number of halogens is 1. The molecule has 0 saturated carbocycles. The lowest BCUT2D eigenvalue weighted by Gasteiger charge is -2.12. The number of rotatable bonds is 4. The van der Waals surface area contributed by atoms with Crippen molar-refractivity contribution in [3.05, 3.63) is 52.5 Å². The molecule has 2 aromatic rings. The van der Waals surface area contributed by atoms with Crippen molar-refractivity contribution in [2.24, 2.45) is 0 Å². The maximum absolute atomic E-state index is 5.90. The molecule has 0 amide bonds. The molecule has 0 unspecified atom stereocenters. The van der Waals surface area contributed by atoms with Gasteiger partial charge in [0.1, 0.15) is 5.75 Å². The Morgan fingerprint density at radius 2 is 2.00 bits per heavy atom. The number of hydrogen-bond donors (Lipinski definition) is 2. The highest BCUT2D eigenvalue weighted by molar-refractivity contribution is 9.10. The van der Waals surface area contributed by atoms with Crippen LogP contribution >= 0.6 is 15.9 Å². The van der Waals surface area contributed by atoms with E-state index in [0.29, 0.717) is 6.54 Å². The van der Waals surface area contributed by atoms with E-state index in [9.17, 15) is 0 Å². The number of nitrogens with two attached hydrogens (primary N) is 1. The van der Waals surface area contributed by atoms with Gasteiger partial charge in [-0.2, -0.15) is 0 Å². The Morgan fingerprint density at radius 3 is 2.72 bits per heavy atom. The fourth-order valence-corrected chi connectivity index (χ4v) is 2.07. The molecule has 0 saturated heterocycles. The van der Waals surface area contributed by atoms with Crippen LogP contribution in [0.4, 0.5) is 11.4 Å². The van der Waals surface area contributed by atoms with Crippen LogP contribution in [0.15, 0.2) is 46.9 Å². The largest absolute Gasteiger partial charge is 0.495 e. The van der Waals surface area contributed by atoms with Crippen molar-refractivity contribution in [1.29, 1.82) is 0 Å². The van der Waals surface area contributed by atoms with E-state index in [1.807, 2.05) is 42.5 Å². The number of nitrogen functional groups attached to an aromatic ring is 1. The van der Waals surface area contributed by atoms with Crippen molar-refractivity contribution >= 4 is 27.3 Å². The molecular weight excluding hydrogens is 292 g/mol. The second-order valence-electron chi connectivity index (χ2n) is 3.90. The van der Waals surface area contributed by atoms with E-state index >= 15 is 0 Å². The molecule has 0 radical (unpaired) electrons. The Kier molecular flexibility index (Phi) is 4.10. The molecule has 2 rings (SSSR count). The van der Waals surface area contributed by atoms with Gasteiger partial charge < -0.3 is 15.8 Å². The van der Waals surface area contributed by atoms with Crippen LogP contribution in [0, 0.1) is 0 Å². The van der Waals surface area contributed by atoms with Crippen LogP contribution in [0.25, 0.3) is 0 Å². The second-order valence-corrected chi connectivity index (χ2v) is 4.81. The first-order valence-corrected chi connectivity index (χ1v) is 6.41. The quantitative estimate of drug-likeness (QED) is 0.848. The average Bonchev–Trinajstić information content (AvgIpc) is 2.38. The van der Waals surface area contributed by atoms with Gasteiger partial charge in [-0.15, -0.1) is 0 Å². The van der Waals surface area contributed by atoms with E-state index < -0.39 is 0 Å². The number of para-hydroxylation sites is 1. The van der Waals surface area contributed by atoms with Crippen LogP contribution in [-0.4, -0.2) is 7.11 Å². The number of nitrogens with one attached hydrogen (secondary N) is 1. The Morgan fingerprint density at radius 1 is 1.22 bits per heavy atom. The summed E-state index contributed by atoms with van der Waals surface area (Å²) < 4.78 is 6.31. The highest BCUT2D eigenvalue weighted by Crippen LogP contribution is 2.28. The van der Waals surface area contributed by atoms with Gasteiger partial charge >= 0.3 is 0 Å². The first-order valence-electron chi connectivity index (χ1n) is 5.61.